The quantitative estimate of drug-likeness (QED) is 0.677. The van der Waals surface area contributed by atoms with E-state index in [9.17, 15) is 10.1 Å². The van der Waals surface area contributed by atoms with E-state index in [1.165, 1.54) is 0 Å². The van der Waals surface area contributed by atoms with Crippen LogP contribution in [0.15, 0.2) is 48.5 Å². The van der Waals surface area contributed by atoms with Crippen molar-refractivity contribution in [1.29, 1.82) is 5.26 Å². The first-order chi connectivity index (χ1) is 12.2. The number of aromatic nitrogens is 4. The molecule has 2 atom stereocenters. The van der Waals surface area contributed by atoms with E-state index in [0.717, 1.165) is 11.3 Å². The van der Waals surface area contributed by atoms with Crippen molar-refractivity contribution in [3.8, 4) is 11.8 Å². The zero-order valence-electron chi connectivity index (χ0n) is 13.0. The third kappa shape index (κ3) is 2.59. The molecule has 0 unspecified atom stereocenters. The summed E-state index contributed by atoms with van der Waals surface area (Å²) in [4.78, 5) is 12.7. The number of para-hydroxylation sites is 1. The second-order valence-electron chi connectivity index (χ2n) is 5.86. The number of halogens is 1. The number of ketones is 1. The first kappa shape index (κ1) is 15.5. The lowest BCUT2D eigenvalue weighted by atomic mass is 9.79. The summed E-state index contributed by atoms with van der Waals surface area (Å²) in [5.74, 6) is -0.461. The van der Waals surface area contributed by atoms with Gasteiger partial charge in [0.1, 0.15) is 5.92 Å². The Kier molecular flexibility index (Phi) is 3.79. The average molecular weight is 350 g/mol. The van der Waals surface area contributed by atoms with E-state index in [0.29, 0.717) is 16.4 Å². The Balaban J connectivity index is 1.74. The van der Waals surface area contributed by atoms with Crippen molar-refractivity contribution < 1.29 is 4.79 Å². The summed E-state index contributed by atoms with van der Waals surface area (Å²) in [5.41, 5.74) is 2.28. The highest BCUT2D eigenvalue weighted by Crippen LogP contribution is 2.42. The second kappa shape index (κ2) is 6.11. The zero-order chi connectivity index (χ0) is 17.4. The number of hydrogen-bond acceptors (Lipinski definition) is 5. The molecule has 0 aliphatic carbocycles. The van der Waals surface area contributed by atoms with Gasteiger partial charge in [0.15, 0.2) is 11.6 Å². The summed E-state index contributed by atoms with van der Waals surface area (Å²) in [5, 5.41) is 21.9. The monoisotopic (exact) mass is 349 g/mol. The average Bonchev–Trinajstić information content (AvgIpc) is 3.12. The molecular weight excluding hydrogens is 338 g/mol. The van der Waals surface area contributed by atoms with E-state index in [2.05, 4.69) is 21.6 Å². The fraction of sp³-hybridized carbons (Fsp3) is 0.167. The number of nitrogens with zero attached hydrogens (tertiary/aromatic N) is 5. The van der Waals surface area contributed by atoms with Gasteiger partial charge in [-0.1, -0.05) is 29.8 Å². The smallest absolute Gasteiger partial charge is 0.174 e. The molecule has 0 spiro atoms. The topological polar surface area (TPSA) is 84.5 Å². The zero-order valence-corrected chi connectivity index (χ0v) is 13.8. The summed E-state index contributed by atoms with van der Waals surface area (Å²) in [7, 11) is 0. The van der Waals surface area contributed by atoms with Gasteiger partial charge in [-0.25, -0.2) is 0 Å². The molecule has 7 heteroatoms. The molecule has 1 aliphatic heterocycles. The molecule has 0 fully saturated rings. The molecule has 4 rings (SSSR count). The Morgan fingerprint density at radius 2 is 1.96 bits per heavy atom. The van der Waals surface area contributed by atoms with E-state index >= 15 is 0 Å². The molecule has 2 aromatic carbocycles. The van der Waals surface area contributed by atoms with Crippen molar-refractivity contribution >= 4 is 17.4 Å². The molecule has 0 saturated heterocycles. The Labute approximate surface area is 148 Å². The van der Waals surface area contributed by atoms with Gasteiger partial charge in [-0.2, -0.15) is 9.94 Å². The molecule has 2 heterocycles. The lowest BCUT2D eigenvalue weighted by Gasteiger charge is -2.28. The summed E-state index contributed by atoms with van der Waals surface area (Å²) < 4.78 is 1.58. The SMILES string of the molecule is N#C[C@@H]1c2nnnn2-c2ccccc2[C@H]1CC(=O)c1ccc(Cl)cc1. The largest absolute Gasteiger partial charge is 0.294 e. The van der Waals surface area contributed by atoms with E-state index in [-0.39, 0.29) is 18.1 Å². The fourth-order valence-electron chi connectivity index (χ4n) is 3.24. The van der Waals surface area contributed by atoms with Gasteiger partial charge >= 0.3 is 0 Å². The summed E-state index contributed by atoms with van der Waals surface area (Å²) in [6, 6.07) is 16.6. The van der Waals surface area contributed by atoms with Crippen LogP contribution in [0, 0.1) is 11.3 Å². The molecule has 0 amide bonds. The lowest BCUT2D eigenvalue weighted by molar-refractivity contribution is 0.0970. The molecule has 122 valence electrons. The molecule has 1 aliphatic rings. The molecule has 0 saturated carbocycles. The van der Waals surface area contributed by atoms with Gasteiger partial charge in [-0.3, -0.25) is 4.79 Å². The highest BCUT2D eigenvalue weighted by atomic mass is 35.5. The Hall–Kier alpha value is -3.04. The maximum absolute atomic E-state index is 12.7. The van der Waals surface area contributed by atoms with Gasteiger partial charge < -0.3 is 0 Å². The van der Waals surface area contributed by atoms with Gasteiger partial charge in [0.2, 0.25) is 0 Å². The number of Topliss-reactive ketones (excluding diaryl/α,β-unsaturated/α-hetero) is 1. The maximum Gasteiger partial charge on any atom is 0.174 e. The number of benzene rings is 2. The van der Waals surface area contributed by atoms with Crippen LogP contribution in [0.1, 0.15) is 40.0 Å². The minimum absolute atomic E-state index is 0.0438. The number of hydrogen-bond donors (Lipinski definition) is 0. The van der Waals surface area contributed by atoms with Crippen molar-refractivity contribution in [2.24, 2.45) is 0 Å². The van der Waals surface area contributed by atoms with Gasteiger partial charge in [0.05, 0.1) is 11.8 Å². The molecule has 0 radical (unpaired) electrons. The number of fused-ring (bicyclic) bond motifs is 3. The minimum Gasteiger partial charge on any atom is -0.294 e. The molecule has 3 aromatic rings. The third-order valence-corrected chi connectivity index (χ3v) is 4.70. The predicted octanol–water partition coefficient (Wildman–Crippen LogP) is 3.29. The molecular formula is C18H12ClN5O. The third-order valence-electron chi connectivity index (χ3n) is 4.45. The summed E-state index contributed by atoms with van der Waals surface area (Å²) >= 11 is 5.89. The molecule has 1 aromatic heterocycles. The van der Waals surface area contributed by atoms with Crippen molar-refractivity contribution in [2.45, 2.75) is 18.3 Å². The second-order valence-corrected chi connectivity index (χ2v) is 6.29. The van der Waals surface area contributed by atoms with Gasteiger partial charge in [0, 0.05) is 22.9 Å². The number of carbonyl (C=O) groups is 1. The molecule has 0 N–H and O–H groups in total. The number of rotatable bonds is 3. The molecule has 25 heavy (non-hydrogen) atoms. The van der Waals surface area contributed by atoms with Crippen LogP contribution in [0.5, 0.6) is 0 Å². The number of carbonyl (C=O) groups excluding carboxylic acids is 1. The van der Waals surface area contributed by atoms with E-state index in [1.807, 2.05) is 24.3 Å². The normalized spacial score (nSPS) is 18.1. The van der Waals surface area contributed by atoms with Crippen molar-refractivity contribution in [3.63, 3.8) is 0 Å². The van der Waals surface area contributed by atoms with E-state index < -0.39 is 5.92 Å². The maximum atomic E-state index is 12.7. The first-order valence-electron chi connectivity index (χ1n) is 7.75. The first-order valence-corrected chi connectivity index (χ1v) is 8.13. The number of nitriles is 1. The van der Waals surface area contributed by atoms with E-state index in [4.69, 9.17) is 11.6 Å². The highest BCUT2D eigenvalue weighted by Gasteiger charge is 2.37. The van der Waals surface area contributed by atoms with Gasteiger partial charge in [0.25, 0.3) is 0 Å². The van der Waals surface area contributed by atoms with Crippen molar-refractivity contribution in [1.82, 2.24) is 20.2 Å². The number of tetrazole rings is 1. The van der Waals surface area contributed by atoms with Crippen LogP contribution in [0.25, 0.3) is 5.69 Å². The highest BCUT2D eigenvalue weighted by molar-refractivity contribution is 6.30. The molecule has 0 bridgehead atoms. The Morgan fingerprint density at radius 3 is 2.72 bits per heavy atom. The van der Waals surface area contributed by atoms with Crippen LogP contribution < -0.4 is 0 Å². The van der Waals surface area contributed by atoms with Crippen LogP contribution in [0.4, 0.5) is 0 Å². The van der Waals surface area contributed by atoms with Crippen molar-refractivity contribution in [2.75, 3.05) is 0 Å². The van der Waals surface area contributed by atoms with Crippen LogP contribution in [-0.2, 0) is 0 Å². The van der Waals surface area contributed by atoms with Gasteiger partial charge in [-0.15, -0.1) is 5.10 Å². The van der Waals surface area contributed by atoms with Crippen molar-refractivity contribution in [3.05, 3.63) is 70.5 Å². The van der Waals surface area contributed by atoms with Gasteiger partial charge in [-0.05, 0) is 46.3 Å². The summed E-state index contributed by atoms with van der Waals surface area (Å²) in [6.07, 6.45) is 0.198. The fourth-order valence-corrected chi connectivity index (χ4v) is 3.37. The van der Waals surface area contributed by atoms with Crippen LogP contribution in [0.2, 0.25) is 5.02 Å². The predicted molar refractivity (Wildman–Crippen MR) is 90.6 cm³/mol. The van der Waals surface area contributed by atoms with Crippen LogP contribution in [0.3, 0.4) is 0 Å². The van der Waals surface area contributed by atoms with E-state index in [1.54, 1.807) is 28.9 Å². The Bertz CT molecular complexity index is 989. The van der Waals surface area contributed by atoms with Crippen LogP contribution in [-0.4, -0.2) is 26.0 Å². The lowest BCUT2D eigenvalue weighted by Crippen LogP contribution is -2.24. The standard InChI is InChI=1S/C18H12ClN5O/c19-12-7-5-11(6-8-12)17(25)9-14-13-3-1-2-4-16(13)24-18(15(14)10-20)21-22-23-24/h1-8,14-15H,9H2/t14-,15+/m1/s1. The Morgan fingerprint density at radius 1 is 1.20 bits per heavy atom. The summed E-state index contributed by atoms with van der Waals surface area (Å²) in [6.45, 7) is 0. The molecule has 6 nitrogen and oxygen atoms in total. The minimum atomic E-state index is -0.582. The van der Waals surface area contributed by atoms with Crippen LogP contribution >= 0.6 is 11.6 Å².